The molecule has 0 N–H and O–H groups in total. The number of hydrogen-bond donors (Lipinski definition) is 0. The summed E-state index contributed by atoms with van der Waals surface area (Å²) in [6.45, 7) is 0.262. The van der Waals surface area contributed by atoms with Crippen LogP contribution in [0.25, 0.3) is 0 Å². The first-order valence-corrected chi connectivity index (χ1v) is 10.1. The lowest BCUT2D eigenvalue weighted by atomic mass is 10.1. The summed E-state index contributed by atoms with van der Waals surface area (Å²) in [5.41, 5.74) is 2.27. The van der Waals surface area contributed by atoms with Crippen molar-refractivity contribution in [1.29, 1.82) is 0 Å². The number of thioether (sulfide) groups is 1. The van der Waals surface area contributed by atoms with Crippen LogP contribution in [0, 0.1) is 0 Å². The molecule has 27 heavy (non-hydrogen) atoms. The molecule has 0 bridgehead atoms. The molecule has 1 aliphatic rings. The molecule has 5 nitrogen and oxygen atoms in total. The SMILES string of the molecule is COc1ccc(CSCCC(=O)N2C(=O)OC[C@@H]2Cc2ccccc2)cc1. The molecule has 1 saturated heterocycles. The maximum Gasteiger partial charge on any atom is 0.416 e. The Morgan fingerprint density at radius 3 is 2.59 bits per heavy atom. The zero-order valence-electron chi connectivity index (χ0n) is 15.3. The molecule has 2 aromatic carbocycles. The summed E-state index contributed by atoms with van der Waals surface area (Å²) in [6, 6.07) is 17.5. The first kappa shape index (κ1) is 19.3. The molecule has 6 heteroatoms. The maximum atomic E-state index is 12.5. The lowest BCUT2D eigenvalue weighted by Gasteiger charge is -2.19. The van der Waals surface area contributed by atoms with Gasteiger partial charge in [-0.25, -0.2) is 9.69 Å². The van der Waals surface area contributed by atoms with Crippen molar-refractivity contribution in [1.82, 2.24) is 4.90 Å². The second kappa shape index (κ2) is 9.46. The van der Waals surface area contributed by atoms with Gasteiger partial charge in [-0.1, -0.05) is 42.5 Å². The Kier molecular flexibility index (Phi) is 6.76. The third-order valence-corrected chi connectivity index (χ3v) is 5.46. The molecule has 2 aromatic rings. The van der Waals surface area contributed by atoms with Gasteiger partial charge in [0.15, 0.2) is 0 Å². The van der Waals surface area contributed by atoms with Crippen molar-refractivity contribution < 1.29 is 19.1 Å². The Balaban J connectivity index is 1.47. The highest BCUT2D eigenvalue weighted by molar-refractivity contribution is 7.98. The number of nitrogens with zero attached hydrogens (tertiary/aromatic N) is 1. The molecule has 0 unspecified atom stereocenters. The van der Waals surface area contributed by atoms with Crippen LogP contribution in [0.15, 0.2) is 54.6 Å². The van der Waals surface area contributed by atoms with E-state index in [1.54, 1.807) is 18.9 Å². The predicted octanol–water partition coefficient (Wildman–Crippen LogP) is 3.91. The third-order valence-electron chi connectivity index (χ3n) is 4.43. The van der Waals surface area contributed by atoms with Gasteiger partial charge in [0.2, 0.25) is 5.91 Å². The molecule has 1 aliphatic heterocycles. The van der Waals surface area contributed by atoms with Gasteiger partial charge in [-0.15, -0.1) is 0 Å². The van der Waals surface area contributed by atoms with Gasteiger partial charge in [-0.3, -0.25) is 4.79 Å². The van der Waals surface area contributed by atoms with E-state index in [2.05, 4.69) is 0 Å². The highest BCUT2D eigenvalue weighted by Crippen LogP contribution is 2.21. The van der Waals surface area contributed by atoms with Crippen LogP contribution in [0.2, 0.25) is 0 Å². The van der Waals surface area contributed by atoms with E-state index >= 15 is 0 Å². The van der Waals surface area contributed by atoms with Crippen LogP contribution in [0.5, 0.6) is 5.75 Å². The summed E-state index contributed by atoms with van der Waals surface area (Å²) >= 11 is 1.67. The molecular formula is C21H23NO4S. The topological polar surface area (TPSA) is 55.8 Å². The number of methoxy groups -OCH3 is 1. The Labute approximate surface area is 163 Å². The Bertz CT molecular complexity index is 764. The summed E-state index contributed by atoms with van der Waals surface area (Å²) in [7, 11) is 1.64. The fraction of sp³-hybridized carbons (Fsp3) is 0.333. The fourth-order valence-electron chi connectivity index (χ4n) is 2.99. The average molecular weight is 385 g/mol. The van der Waals surface area contributed by atoms with Gasteiger partial charge in [0.05, 0.1) is 13.2 Å². The third kappa shape index (κ3) is 5.26. The van der Waals surface area contributed by atoms with Crippen molar-refractivity contribution in [3.8, 4) is 5.75 Å². The van der Waals surface area contributed by atoms with Crippen LogP contribution in [0.4, 0.5) is 4.79 Å². The number of ether oxygens (including phenoxy) is 2. The monoisotopic (exact) mass is 385 g/mol. The predicted molar refractivity (Wildman–Crippen MR) is 106 cm³/mol. The molecule has 2 amide bonds. The second-order valence-corrected chi connectivity index (χ2v) is 7.44. The lowest BCUT2D eigenvalue weighted by molar-refractivity contribution is -0.128. The van der Waals surface area contributed by atoms with Crippen LogP contribution < -0.4 is 4.74 Å². The summed E-state index contributed by atoms with van der Waals surface area (Å²) < 4.78 is 10.3. The summed E-state index contributed by atoms with van der Waals surface area (Å²) in [5.74, 6) is 2.14. The van der Waals surface area contributed by atoms with E-state index in [1.807, 2.05) is 54.6 Å². The highest BCUT2D eigenvalue weighted by Gasteiger charge is 2.37. The lowest BCUT2D eigenvalue weighted by Crippen LogP contribution is -2.40. The first-order valence-electron chi connectivity index (χ1n) is 8.91. The van der Waals surface area contributed by atoms with Gasteiger partial charge in [0.1, 0.15) is 12.4 Å². The molecule has 1 fully saturated rings. The van der Waals surface area contributed by atoms with E-state index in [4.69, 9.17) is 9.47 Å². The number of hydrogen-bond acceptors (Lipinski definition) is 5. The maximum absolute atomic E-state index is 12.5. The average Bonchev–Trinajstić information content (AvgIpc) is 3.06. The van der Waals surface area contributed by atoms with Crippen molar-refractivity contribution in [2.24, 2.45) is 0 Å². The van der Waals surface area contributed by atoms with E-state index in [9.17, 15) is 9.59 Å². The van der Waals surface area contributed by atoms with Crippen molar-refractivity contribution in [2.45, 2.75) is 24.6 Å². The largest absolute Gasteiger partial charge is 0.497 e. The fourth-order valence-corrected chi connectivity index (χ4v) is 3.89. The van der Waals surface area contributed by atoms with Gasteiger partial charge >= 0.3 is 6.09 Å². The molecule has 0 aromatic heterocycles. The Hall–Kier alpha value is -2.47. The Morgan fingerprint density at radius 1 is 1.15 bits per heavy atom. The van der Waals surface area contributed by atoms with Crippen molar-refractivity contribution in [3.63, 3.8) is 0 Å². The standard InChI is InChI=1S/C21H23NO4S/c1-25-19-9-7-17(8-10-19)15-27-12-11-20(23)22-18(14-26-21(22)24)13-16-5-3-2-4-6-16/h2-10,18H,11-15H2,1H3/t18-/m0/s1. The van der Waals surface area contributed by atoms with Crippen LogP contribution in [0.1, 0.15) is 17.5 Å². The molecule has 1 atom stereocenters. The van der Waals surface area contributed by atoms with Crippen LogP contribution in [-0.2, 0) is 21.7 Å². The second-order valence-electron chi connectivity index (χ2n) is 6.33. The number of carbonyl (C=O) groups excluding carboxylic acids is 2. The van der Waals surface area contributed by atoms with E-state index in [-0.39, 0.29) is 18.6 Å². The van der Waals surface area contributed by atoms with Crippen molar-refractivity contribution in [2.75, 3.05) is 19.5 Å². The highest BCUT2D eigenvalue weighted by atomic mass is 32.2. The number of benzene rings is 2. The van der Waals surface area contributed by atoms with Crippen molar-refractivity contribution >= 4 is 23.8 Å². The number of amides is 2. The molecule has 0 aliphatic carbocycles. The normalized spacial score (nSPS) is 16.3. The van der Waals surface area contributed by atoms with E-state index in [0.717, 1.165) is 17.1 Å². The van der Waals surface area contributed by atoms with Crippen LogP contribution in [0.3, 0.4) is 0 Å². The number of cyclic esters (lactones) is 1. The van der Waals surface area contributed by atoms with E-state index in [0.29, 0.717) is 18.6 Å². The number of imide groups is 1. The Morgan fingerprint density at radius 2 is 1.89 bits per heavy atom. The smallest absolute Gasteiger partial charge is 0.416 e. The first-order chi connectivity index (χ1) is 13.2. The number of rotatable bonds is 8. The van der Waals surface area contributed by atoms with Crippen LogP contribution in [-0.4, -0.2) is 42.4 Å². The zero-order chi connectivity index (χ0) is 19.1. The summed E-state index contributed by atoms with van der Waals surface area (Å²) in [6.07, 6.45) is 0.416. The minimum Gasteiger partial charge on any atom is -0.497 e. The molecule has 0 spiro atoms. The quantitative estimate of drug-likeness (QED) is 0.645. The molecule has 142 valence electrons. The minimum absolute atomic E-state index is 0.166. The molecule has 0 saturated carbocycles. The summed E-state index contributed by atoms with van der Waals surface area (Å²) in [4.78, 5) is 25.8. The minimum atomic E-state index is -0.527. The molecule has 3 rings (SSSR count). The van der Waals surface area contributed by atoms with Gasteiger partial charge in [-0.2, -0.15) is 11.8 Å². The zero-order valence-corrected chi connectivity index (χ0v) is 16.1. The molecular weight excluding hydrogens is 362 g/mol. The van der Waals surface area contributed by atoms with E-state index < -0.39 is 6.09 Å². The van der Waals surface area contributed by atoms with E-state index in [1.165, 1.54) is 10.5 Å². The summed E-state index contributed by atoms with van der Waals surface area (Å²) in [5, 5.41) is 0. The van der Waals surface area contributed by atoms with Gasteiger partial charge in [0.25, 0.3) is 0 Å². The van der Waals surface area contributed by atoms with Gasteiger partial charge in [0, 0.05) is 17.9 Å². The van der Waals surface area contributed by atoms with Crippen molar-refractivity contribution in [3.05, 3.63) is 65.7 Å². The van der Waals surface area contributed by atoms with Crippen LogP contribution >= 0.6 is 11.8 Å². The van der Waals surface area contributed by atoms with Gasteiger partial charge < -0.3 is 9.47 Å². The molecule has 0 radical (unpaired) electrons. The number of carbonyl (C=O) groups is 2. The molecule has 1 heterocycles. The van der Waals surface area contributed by atoms with Gasteiger partial charge in [-0.05, 0) is 29.7 Å².